The Kier molecular flexibility index (Phi) is 5.20. The van der Waals surface area contributed by atoms with Gasteiger partial charge in [0.15, 0.2) is 0 Å². The van der Waals surface area contributed by atoms with E-state index in [-0.39, 0.29) is 11.7 Å². The Balaban J connectivity index is 1.61. The van der Waals surface area contributed by atoms with Gasteiger partial charge in [-0.25, -0.2) is 0 Å². The summed E-state index contributed by atoms with van der Waals surface area (Å²) in [6.45, 7) is 2.72. The SMILES string of the molecule is CC(O)c1ccc(SC2CCOC3(CCSCC3)C2)cc1. The second-order valence-corrected chi connectivity index (χ2v) is 8.72. The van der Waals surface area contributed by atoms with Crippen LogP contribution in [0.4, 0.5) is 0 Å². The van der Waals surface area contributed by atoms with Crippen LogP contribution in [0.5, 0.6) is 0 Å². The zero-order valence-electron chi connectivity index (χ0n) is 12.6. The third-order valence-corrected chi connectivity index (χ3v) is 6.78. The topological polar surface area (TPSA) is 29.5 Å². The van der Waals surface area contributed by atoms with Crippen molar-refractivity contribution in [1.29, 1.82) is 0 Å². The van der Waals surface area contributed by atoms with Crippen molar-refractivity contribution < 1.29 is 9.84 Å². The molecule has 116 valence electrons. The van der Waals surface area contributed by atoms with Crippen molar-refractivity contribution in [3.05, 3.63) is 29.8 Å². The standard InChI is InChI=1S/C17H24O2S2/c1-13(18)14-2-4-15(5-3-14)21-16-6-9-19-17(12-16)7-10-20-11-8-17/h2-5,13,16,18H,6-12H2,1H3. The van der Waals surface area contributed by atoms with Crippen LogP contribution in [0.3, 0.4) is 0 Å². The lowest BCUT2D eigenvalue weighted by Gasteiger charge is -2.43. The van der Waals surface area contributed by atoms with Crippen LogP contribution in [0.15, 0.2) is 29.2 Å². The molecule has 2 aliphatic heterocycles. The molecule has 1 aromatic carbocycles. The van der Waals surface area contributed by atoms with E-state index in [2.05, 4.69) is 23.9 Å². The Labute approximate surface area is 136 Å². The average molecular weight is 325 g/mol. The predicted molar refractivity (Wildman–Crippen MR) is 91.2 cm³/mol. The molecule has 2 fully saturated rings. The quantitative estimate of drug-likeness (QED) is 0.899. The molecular weight excluding hydrogens is 300 g/mol. The molecule has 0 bridgehead atoms. The van der Waals surface area contributed by atoms with E-state index in [4.69, 9.17) is 4.74 Å². The fourth-order valence-electron chi connectivity index (χ4n) is 3.19. The van der Waals surface area contributed by atoms with E-state index >= 15 is 0 Å². The lowest BCUT2D eigenvalue weighted by Crippen LogP contribution is -2.43. The summed E-state index contributed by atoms with van der Waals surface area (Å²) in [6, 6.07) is 8.37. The number of thioether (sulfide) groups is 2. The van der Waals surface area contributed by atoms with Crippen molar-refractivity contribution >= 4 is 23.5 Å². The van der Waals surface area contributed by atoms with Crippen molar-refractivity contribution in [3.8, 4) is 0 Å². The van der Waals surface area contributed by atoms with E-state index in [1.54, 1.807) is 0 Å². The van der Waals surface area contributed by atoms with Gasteiger partial charge in [-0.3, -0.25) is 0 Å². The van der Waals surface area contributed by atoms with Crippen LogP contribution < -0.4 is 0 Å². The van der Waals surface area contributed by atoms with Gasteiger partial charge in [-0.1, -0.05) is 12.1 Å². The molecule has 0 aliphatic carbocycles. The number of hydrogen-bond donors (Lipinski definition) is 1. The number of hydrogen-bond acceptors (Lipinski definition) is 4. The highest BCUT2D eigenvalue weighted by Crippen LogP contribution is 2.42. The first-order valence-electron chi connectivity index (χ1n) is 7.83. The van der Waals surface area contributed by atoms with Crippen LogP contribution in [0.25, 0.3) is 0 Å². The first-order chi connectivity index (χ1) is 10.2. The minimum absolute atomic E-state index is 0.167. The Morgan fingerprint density at radius 2 is 2.00 bits per heavy atom. The van der Waals surface area contributed by atoms with Crippen LogP contribution in [-0.2, 0) is 4.74 Å². The van der Waals surface area contributed by atoms with E-state index in [1.165, 1.54) is 35.7 Å². The minimum atomic E-state index is -0.380. The molecule has 1 N–H and O–H groups in total. The highest BCUT2D eigenvalue weighted by Gasteiger charge is 2.38. The van der Waals surface area contributed by atoms with Gasteiger partial charge in [-0.05, 0) is 61.8 Å². The molecule has 2 nitrogen and oxygen atoms in total. The third kappa shape index (κ3) is 3.98. The highest BCUT2D eigenvalue weighted by molar-refractivity contribution is 8.00. The van der Waals surface area contributed by atoms with Gasteiger partial charge < -0.3 is 9.84 Å². The second kappa shape index (κ2) is 6.95. The zero-order chi connectivity index (χ0) is 14.7. The molecule has 4 heteroatoms. The zero-order valence-corrected chi connectivity index (χ0v) is 14.2. The second-order valence-electron chi connectivity index (χ2n) is 6.12. The Morgan fingerprint density at radius 1 is 1.29 bits per heavy atom. The minimum Gasteiger partial charge on any atom is -0.389 e. The van der Waals surface area contributed by atoms with Gasteiger partial charge in [0.25, 0.3) is 0 Å². The molecule has 0 saturated carbocycles. The first-order valence-corrected chi connectivity index (χ1v) is 9.87. The van der Waals surface area contributed by atoms with Crippen LogP contribution in [-0.4, -0.2) is 34.1 Å². The average Bonchev–Trinajstić information content (AvgIpc) is 2.49. The molecule has 1 aromatic rings. The molecule has 1 spiro atoms. The van der Waals surface area contributed by atoms with E-state index < -0.39 is 0 Å². The van der Waals surface area contributed by atoms with Crippen molar-refractivity contribution in [1.82, 2.24) is 0 Å². The number of benzene rings is 1. The fourth-order valence-corrected chi connectivity index (χ4v) is 5.71. The van der Waals surface area contributed by atoms with Crippen LogP contribution in [0.2, 0.25) is 0 Å². The molecule has 2 heterocycles. The Bertz CT molecular complexity index is 447. The summed E-state index contributed by atoms with van der Waals surface area (Å²) >= 11 is 4.05. The van der Waals surface area contributed by atoms with Gasteiger partial charge in [-0.2, -0.15) is 11.8 Å². The highest BCUT2D eigenvalue weighted by atomic mass is 32.2. The van der Waals surface area contributed by atoms with E-state index in [9.17, 15) is 5.11 Å². The summed E-state index contributed by atoms with van der Waals surface area (Å²) in [5.74, 6) is 2.50. The molecule has 2 atom stereocenters. The maximum absolute atomic E-state index is 9.58. The first kappa shape index (κ1) is 15.7. The smallest absolute Gasteiger partial charge is 0.0761 e. The lowest BCUT2D eigenvalue weighted by atomic mass is 9.88. The molecule has 2 unspecified atom stereocenters. The maximum Gasteiger partial charge on any atom is 0.0761 e. The van der Waals surface area contributed by atoms with Gasteiger partial charge in [0.1, 0.15) is 0 Å². The van der Waals surface area contributed by atoms with Crippen molar-refractivity contribution in [3.63, 3.8) is 0 Å². The molecule has 0 radical (unpaired) electrons. The number of rotatable bonds is 3. The molecule has 0 amide bonds. The summed E-state index contributed by atoms with van der Waals surface area (Å²) in [4.78, 5) is 1.31. The maximum atomic E-state index is 9.58. The monoisotopic (exact) mass is 324 g/mol. The largest absolute Gasteiger partial charge is 0.389 e. The van der Waals surface area contributed by atoms with Gasteiger partial charge in [0.05, 0.1) is 11.7 Å². The summed E-state index contributed by atoms with van der Waals surface area (Å²) in [5, 5.41) is 10.2. The molecule has 3 rings (SSSR count). The number of ether oxygens (including phenoxy) is 1. The Morgan fingerprint density at radius 3 is 2.67 bits per heavy atom. The summed E-state index contributed by atoms with van der Waals surface area (Å²) < 4.78 is 6.17. The summed E-state index contributed by atoms with van der Waals surface area (Å²) in [5.41, 5.74) is 1.16. The van der Waals surface area contributed by atoms with Crippen molar-refractivity contribution in [2.75, 3.05) is 18.1 Å². The van der Waals surface area contributed by atoms with Crippen LogP contribution in [0.1, 0.15) is 44.3 Å². The summed E-state index contributed by atoms with van der Waals surface area (Å²) in [6.07, 6.45) is 4.40. The van der Waals surface area contributed by atoms with Gasteiger partial charge in [-0.15, -0.1) is 11.8 Å². The predicted octanol–water partition coefficient (Wildman–Crippen LogP) is 4.28. The number of aliphatic hydroxyl groups excluding tert-OH is 1. The molecule has 21 heavy (non-hydrogen) atoms. The van der Waals surface area contributed by atoms with E-state index in [0.717, 1.165) is 18.6 Å². The molecule has 2 saturated heterocycles. The van der Waals surface area contributed by atoms with Gasteiger partial charge in [0, 0.05) is 16.8 Å². The molecule has 0 aromatic heterocycles. The fraction of sp³-hybridized carbons (Fsp3) is 0.647. The van der Waals surface area contributed by atoms with E-state index in [0.29, 0.717) is 5.25 Å². The van der Waals surface area contributed by atoms with E-state index in [1.807, 2.05) is 30.8 Å². The lowest BCUT2D eigenvalue weighted by molar-refractivity contribution is -0.0804. The Hall–Kier alpha value is -0.160. The summed E-state index contributed by atoms with van der Waals surface area (Å²) in [7, 11) is 0. The third-order valence-electron chi connectivity index (χ3n) is 4.52. The van der Waals surface area contributed by atoms with Crippen molar-refractivity contribution in [2.45, 2.75) is 54.5 Å². The van der Waals surface area contributed by atoms with Crippen LogP contribution >= 0.6 is 23.5 Å². The molecular formula is C17H24O2S2. The number of aliphatic hydroxyl groups is 1. The van der Waals surface area contributed by atoms with Gasteiger partial charge in [0.2, 0.25) is 0 Å². The molecule has 2 aliphatic rings. The van der Waals surface area contributed by atoms with Gasteiger partial charge >= 0.3 is 0 Å². The van der Waals surface area contributed by atoms with Crippen LogP contribution in [0, 0.1) is 0 Å². The normalized spacial score (nSPS) is 26.7. The van der Waals surface area contributed by atoms with Crippen molar-refractivity contribution in [2.24, 2.45) is 0 Å².